The fourth-order valence-electron chi connectivity index (χ4n) is 10.9. The van der Waals surface area contributed by atoms with Gasteiger partial charge in [0, 0.05) is 113 Å². The third-order valence-corrected chi connectivity index (χ3v) is 15.8. The Balaban J connectivity index is 0.655. The van der Waals surface area contributed by atoms with E-state index in [0.29, 0.717) is 54.4 Å². The number of piperazine rings is 2. The summed E-state index contributed by atoms with van der Waals surface area (Å²) < 4.78 is 18.0. The van der Waals surface area contributed by atoms with E-state index in [1.807, 2.05) is 64.2 Å². The number of phenols is 1. The van der Waals surface area contributed by atoms with Gasteiger partial charge in [-0.3, -0.25) is 24.4 Å². The summed E-state index contributed by atoms with van der Waals surface area (Å²) in [6.07, 6.45) is 4.99. The molecule has 2 bridgehead atoms. The number of benzene rings is 1. The van der Waals surface area contributed by atoms with Crippen molar-refractivity contribution in [3.63, 3.8) is 0 Å². The monoisotopic (exact) mass is 1030 g/mol. The molecule has 4 saturated heterocycles. The van der Waals surface area contributed by atoms with Crippen molar-refractivity contribution in [1.82, 2.24) is 50.3 Å². The van der Waals surface area contributed by atoms with Crippen molar-refractivity contribution in [3.05, 3.63) is 95.6 Å². The first-order chi connectivity index (χ1) is 35.9. The number of nitrogens with two attached hydrogens (primary N) is 1. The molecule has 20 nitrogen and oxygen atoms in total. The molecule has 0 spiro atoms. The van der Waals surface area contributed by atoms with E-state index in [2.05, 4.69) is 67.4 Å². The molecular weight excluding hydrogens is 963 g/mol. The van der Waals surface area contributed by atoms with E-state index in [9.17, 15) is 19.8 Å². The van der Waals surface area contributed by atoms with Gasteiger partial charge in [0.2, 0.25) is 17.7 Å². The number of phenolic OH excluding ortho intramolecular Hbond substituents is 1. The summed E-state index contributed by atoms with van der Waals surface area (Å²) in [7, 11) is 0. The molecule has 390 valence electrons. The molecular formula is C53H65N13O7S. The zero-order valence-corrected chi connectivity index (χ0v) is 43.1. The van der Waals surface area contributed by atoms with Gasteiger partial charge in [-0.05, 0) is 73.7 Å². The van der Waals surface area contributed by atoms with E-state index in [0.717, 1.165) is 91.9 Å². The van der Waals surface area contributed by atoms with Crippen molar-refractivity contribution in [2.45, 2.75) is 83.1 Å². The topological polar surface area (TPSA) is 238 Å². The summed E-state index contributed by atoms with van der Waals surface area (Å²) in [4.78, 5) is 53.4. The minimum Gasteiger partial charge on any atom is -0.507 e. The number of aryl methyl sites for hydroxylation is 1. The van der Waals surface area contributed by atoms with Crippen LogP contribution in [-0.2, 0) is 9.59 Å². The van der Waals surface area contributed by atoms with Crippen molar-refractivity contribution < 1.29 is 33.8 Å². The van der Waals surface area contributed by atoms with E-state index < -0.39 is 18.1 Å². The molecule has 0 aliphatic carbocycles. The number of aromatic hydroxyl groups is 1. The first-order valence-electron chi connectivity index (χ1n) is 25.6. The molecule has 9 heterocycles. The number of fused-ring (bicyclic) bond motifs is 2. The number of pyridine rings is 2. The number of nitrogens with one attached hydrogen (secondary N) is 1. The maximum atomic E-state index is 14.2. The first kappa shape index (κ1) is 50.6. The number of para-hydroxylation sites is 1. The fourth-order valence-corrected chi connectivity index (χ4v) is 11.6. The van der Waals surface area contributed by atoms with Crippen molar-refractivity contribution in [3.8, 4) is 39.3 Å². The lowest BCUT2D eigenvalue weighted by Gasteiger charge is -2.43. The predicted molar refractivity (Wildman–Crippen MR) is 280 cm³/mol. The summed E-state index contributed by atoms with van der Waals surface area (Å²) in [6, 6.07) is 18.0. The molecule has 0 saturated carbocycles. The van der Waals surface area contributed by atoms with Gasteiger partial charge in [-0.1, -0.05) is 32.0 Å². The Morgan fingerprint density at radius 2 is 1.61 bits per heavy atom. The highest BCUT2D eigenvalue weighted by Crippen LogP contribution is 2.40. The Kier molecular flexibility index (Phi) is 15.2. The number of carbonyl (C=O) groups is 2. The number of carbonyl (C=O) groups excluding carboxylic acids is 2. The number of likely N-dealkylation sites (tertiary alicyclic amines) is 1. The highest BCUT2D eigenvalue weighted by atomic mass is 32.1. The van der Waals surface area contributed by atoms with Gasteiger partial charge in [0.15, 0.2) is 11.6 Å². The Bertz CT molecular complexity index is 2880. The molecule has 21 heteroatoms. The maximum absolute atomic E-state index is 14.2. The van der Waals surface area contributed by atoms with Crippen LogP contribution in [0.3, 0.4) is 0 Å². The minimum absolute atomic E-state index is 0.0395. The van der Waals surface area contributed by atoms with Crippen molar-refractivity contribution >= 4 is 40.3 Å². The van der Waals surface area contributed by atoms with Gasteiger partial charge in [-0.25, -0.2) is 9.97 Å². The lowest BCUT2D eigenvalue weighted by atomic mass is 9.91. The van der Waals surface area contributed by atoms with Gasteiger partial charge in [0.25, 0.3) is 5.88 Å². The highest BCUT2D eigenvalue weighted by molar-refractivity contribution is 7.13. The van der Waals surface area contributed by atoms with E-state index >= 15 is 0 Å². The van der Waals surface area contributed by atoms with Gasteiger partial charge < -0.3 is 50.0 Å². The van der Waals surface area contributed by atoms with Crippen LogP contribution in [0.15, 0.2) is 83.1 Å². The predicted octanol–water partition coefficient (Wildman–Crippen LogP) is 5.15. The number of rotatable bonds is 18. The molecule has 10 rings (SSSR count). The number of nitrogen functional groups attached to an aromatic ring is 1. The lowest BCUT2D eigenvalue weighted by molar-refractivity contribution is -0.141. The number of hydrogen-bond donors (Lipinski definition) is 4. The summed E-state index contributed by atoms with van der Waals surface area (Å²) in [5.74, 6) is 0.224. The third kappa shape index (κ3) is 11.1. The summed E-state index contributed by atoms with van der Waals surface area (Å²) in [5, 5.41) is 36.9. The molecule has 5 aromatic heterocycles. The zero-order valence-electron chi connectivity index (χ0n) is 42.3. The molecule has 74 heavy (non-hydrogen) atoms. The van der Waals surface area contributed by atoms with Crippen LogP contribution in [-0.4, -0.2) is 163 Å². The first-order valence-corrected chi connectivity index (χ1v) is 26.5. The quantitative estimate of drug-likeness (QED) is 0.0871. The summed E-state index contributed by atoms with van der Waals surface area (Å²) >= 11 is 1.53. The van der Waals surface area contributed by atoms with E-state index in [4.69, 9.17) is 19.7 Å². The molecule has 0 radical (unpaired) electrons. The Morgan fingerprint density at radius 1 is 0.878 bits per heavy atom. The van der Waals surface area contributed by atoms with E-state index in [-0.39, 0.29) is 54.6 Å². The Hall–Kier alpha value is -6.94. The number of amides is 2. The molecule has 4 fully saturated rings. The SMILES string of the molecule is Cc1ncsc1-c1ccc([C@H](C)NC(=O)[C@@H]2C[C@@H](O)CN2C(=O)C(c2cc(OCCN3CCN(CCOc4cc(N5C6CCC5CN(c5cc(-c7ccccc7O)nnc5N)C6)ccn4)CC3)no2)C(C)C)cn1. The number of β-amino-alcohol motifs (C(OH)–C–C–N with tert-alkyl or cyclic N) is 1. The average molecular weight is 1030 g/mol. The molecule has 1 aromatic carbocycles. The number of ether oxygens (including phenoxy) is 2. The van der Waals surface area contributed by atoms with E-state index in [1.54, 1.807) is 29.9 Å². The average Bonchev–Trinajstić information content (AvgIpc) is 4.20. The van der Waals surface area contributed by atoms with Crippen molar-refractivity contribution in [2.75, 3.05) is 87.7 Å². The largest absolute Gasteiger partial charge is 0.507 e. The highest BCUT2D eigenvalue weighted by Gasteiger charge is 2.44. The second-order valence-corrected chi connectivity index (χ2v) is 21.0. The second-order valence-electron chi connectivity index (χ2n) is 20.1. The van der Waals surface area contributed by atoms with Crippen LogP contribution in [0.1, 0.15) is 69.0 Å². The second kappa shape index (κ2) is 22.3. The minimum atomic E-state index is -0.851. The zero-order chi connectivity index (χ0) is 51.5. The summed E-state index contributed by atoms with van der Waals surface area (Å²) in [6.45, 7) is 15.2. The van der Waals surface area contributed by atoms with Crippen LogP contribution < -0.4 is 30.3 Å². The Morgan fingerprint density at radius 3 is 2.28 bits per heavy atom. The molecule has 2 amide bonds. The molecule has 6 atom stereocenters. The summed E-state index contributed by atoms with van der Waals surface area (Å²) in [5.41, 5.74) is 13.9. The number of aromatic nitrogens is 6. The van der Waals surface area contributed by atoms with Crippen molar-refractivity contribution in [2.24, 2.45) is 5.92 Å². The van der Waals surface area contributed by atoms with Crippen LogP contribution in [0.2, 0.25) is 0 Å². The maximum Gasteiger partial charge on any atom is 0.254 e. The molecule has 6 aromatic rings. The number of aliphatic hydroxyl groups excluding tert-OH is 1. The standard InChI is InChI=1S/C53H65N13O7S/c1-32(2)49(53(70)65-30-39(67)24-44(65)52(69)58-33(3)35-9-12-41(56-27-35)50-34(4)57-31-74-50)46-26-48(61-73-46)72-22-20-63-17-15-62(16-18-63)19-21-71-47-23-36(13-14-55-47)66-37-10-11-38(66)29-64(28-37)43-25-42(59-60-51(43)54)40-7-5-6-8-45(40)68/h5-9,12-14,23,25-27,31-33,37-39,44,49,67-68H,10-11,15-22,24,28-30H2,1-4H3,(H2,54,60)(H,58,69)/t33-,37?,38?,39+,44-,49?/m0/s1. The van der Waals surface area contributed by atoms with Crippen molar-refractivity contribution in [1.29, 1.82) is 0 Å². The van der Waals surface area contributed by atoms with Crippen LogP contribution in [0.4, 0.5) is 17.2 Å². The normalized spacial score (nSPS) is 21.0. The van der Waals surface area contributed by atoms with E-state index in [1.165, 1.54) is 16.2 Å². The number of hydrogen-bond acceptors (Lipinski definition) is 19. The molecule has 3 unspecified atom stereocenters. The van der Waals surface area contributed by atoms with Crippen LogP contribution in [0, 0.1) is 12.8 Å². The van der Waals surface area contributed by atoms with Crippen LogP contribution in [0.5, 0.6) is 17.5 Å². The van der Waals surface area contributed by atoms with Gasteiger partial charge in [-0.2, -0.15) is 0 Å². The molecule has 5 N–H and O–H groups in total. The van der Waals surface area contributed by atoms with Gasteiger partial charge >= 0.3 is 0 Å². The number of nitrogens with zero attached hydrogens (tertiary/aromatic N) is 11. The third-order valence-electron chi connectivity index (χ3n) is 14.8. The van der Waals surface area contributed by atoms with Gasteiger partial charge in [-0.15, -0.1) is 21.5 Å². The Labute approximate surface area is 434 Å². The number of aliphatic hydroxyl groups is 1. The smallest absolute Gasteiger partial charge is 0.254 e. The van der Waals surface area contributed by atoms with Crippen LogP contribution >= 0.6 is 11.3 Å². The van der Waals surface area contributed by atoms with Gasteiger partial charge in [0.1, 0.15) is 30.9 Å². The van der Waals surface area contributed by atoms with Gasteiger partial charge in [0.05, 0.1) is 45.3 Å². The lowest BCUT2D eigenvalue weighted by Crippen LogP contribution is -2.54. The fraction of sp³-hybridized carbons (Fsp3) is 0.472. The number of thiazole rings is 1. The molecule has 4 aliphatic rings. The van der Waals surface area contributed by atoms with Crippen LogP contribution in [0.25, 0.3) is 21.8 Å². The number of anilines is 3. The molecule has 4 aliphatic heterocycles.